The van der Waals surface area contributed by atoms with Gasteiger partial charge < -0.3 is 11.1 Å². The third kappa shape index (κ3) is 3.03. The second-order valence-electron chi connectivity index (χ2n) is 4.79. The van der Waals surface area contributed by atoms with Crippen molar-refractivity contribution in [2.45, 2.75) is 51.2 Å². The van der Waals surface area contributed by atoms with Gasteiger partial charge in [0, 0.05) is 31.0 Å². The van der Waals surface area contributed by atoms with Gasteiger partial charge in [0.25, 0.3) is 0 Å². The Bertz CT molecular complexity index is 330. The topological polar surface area (TPSA) is 50.9 Å². The first kappa shape index (κ1) is 11.6. The first-order valence-electron chi connectivity index (χ1n) is 6.14. The summed E-state index contributed by atoms with van der Waals surface area (Å²) in [6.07, 6.45) is 8.53. The van der Waals surface area contributed by atoms with Crippen LogP contribution in [0.25, 0.3) is 0 Å². The minimum absolute atomic E-state index is 0.431. The molecular weight excluding hydrogens is 198 g/mol. The molecule has 0 bridgehead atoms. The predicted molar refractivity (Wildman–Crippen MR) is 66.0 cm³/mol. The van der Waals surface area contributed by atoms with E-state index in [0.717, 1.165) is 19.4 Å². The summed E-state index contributed by atoms with van der Waals surface area (Å²) in [5, 5.41) is 3.62. The predicted octanol–water partition coefficient (Wildman–Crippen LogP) is 1.75. The smallest absolute Gasteiger partial charge is 0.0300 e. The fourth-order valence-corrected chi connectivity index (χ4v) is 2.28. The molecule has 0 aromatic carbocycles. The highest BCUT2D eigenvalue weighted by atomic mass is 14.9. The molecule has 1 aliphatic carbocycles. The summed E-state index contributed by atoms with van der Waals surface area (Å²) in [5.41, 5.74) is 8.51. The van der Waals surface area contributed by atoms with E-state index in [1.165, 1.54) is 24.0 Å². The molecule has 0 unspecified atom stereocenters. The quantitative estimate of drug-likeness (QED) is 0.814. The lowest BCUT2D eigenvalue weighted by atomic mass is 9.91. The minimum Gasteiger partial charge on any atom is -0.328 e. The van der Waals surface area contributed by atoms with Crippen molar-refractivity contribution in [3.05, 3.63) is 29.6 Å². The van der Waals surface area contributed by atoms with Crippen molar-refractivity contribution in [2.75, 3.05) is 0 Å². The number of aromatic nitrogens is 1. The normalized spacial score (nSPS) is 25.6. The number of pyridine rings is 1. The lowest BCUT2D eigenvalue weighted by Gasteiger charge is -2.27. The lowest BCUT2D eigenvalue weighted by molar-refractivity contribution is 0.341. The van der Waals surface area contributed by atoms with E-state index in [2.05, 4.69) is 23.3 Å². The Kier molecular flexibility index (Phi) is 3.91. The van der Waals surface area contributed by atoms with E-state index >= 15 is 0 Å². The molecule has 0 radical (unpaired) electrons. The van der Waals surface area contributed by atoms with Crippen LogP contribution in [0.3, 0.4) is 0 Å². The Hall–Kier alpha value is -0.930. The molecule has 0 spiro atoms. The van der Waals surface area contributed by atoms with E-state index in [-0.39, 0.29) is 0 Å². The average Bonchev–Trinajstić information content (AvgIpc) is 2.30. The van der Waals surface area contributed by atoms with Crippen molar-refractivity contribution in [3.63, 3.8) is 0 Å². The summed E-state index contributed by atoms with van der Waals surface area (Å²) in [6.45, 7) is 3.06. The molecule has 88 valence electrons. The minimum atomic E-state index is 0.431. The fraction of sp³-hybridized carbons (Fsp3) is 0.615. The summed E-state index contributed by atoms with van der Waals surface area (Å²) in [5.74, 6) is 0. The van der Waals surface area contributed by atoms with Crippen LogP contribution in [-0.2, 0) is 6.54 Å². The van der Waals surface area contributed by atoms with Gasteiger partial charge in [-0.25, -0.2) is 0 Å². The van der Waals surface area contributed by atoms with Gasteiger partial charge in [0.2, 0.25) is 0 Å². The zero-order valence-electron chi connectivity index (χ0n) is 9.95. The van der Waals surface area contributed by atoms with Crippen molar-refractivity contribution < 1.29 is 0 Å². The Labute approximate surface area is 97.5 Å². The number of nitrogens with one attached hydrogen (secondary N) is 1. The Morgan fingerprint density at radius 3 is 2.81 bits per heavy atom. The van der Waals surface area contributed by atoms with Crippen molar-refractivity contribution in [3.8, 4) is 0 Å². The van der Waals surface area contributed by atoms with Crippen molar-refractivity contribution in [2.24, 2.45) is 5.73 Å². The molecule has 0 amide bonds. The molecule has 3 nitrogen and oxygen atoms in total. The van der Waals surface area contributed by atoms with E-state index in [0.29, 0.717) is 12.1 Å². The van der Waals surface area contributed by atoms with Gasteiger partial charge in [-0.1, -0.05) is 0 Å². The van der Waals surface area contributed by atoms with Crippen LogP contribution in [0.5, 0.6) is 0 Å². The molecule has 1 saturated carbocycles. The van der Waals surface area contributed by atoms with Gasteiger partial charge >= 0.3 is 0 Å². The van der Waals surface area contributed by atoms with Gasteiger partial charge in [-0.3, -0.25) is 4.98 Å². The van der Waals surface area contributed by atoms with Gasteiger partial charge in [0.15, 0.2) is 0 Å². The van der Waals surface area contributed by atoms with Crippen LogP contribution >= 0.6 is 0 Å². The van der Waals surface area contributed by atoms with E-state index < -0.39 is 0 Å². The number of hydrogen-bond acceptors (Lipinski definition) is 3. The molecule has 1 aromatic rings. The number of aryl methyl sites for hydroxylation is 1. The van der Waals surface area contributed by atoms with Crippen LogP contribution in [0.2, 0.25) is 0 Å². The monoisotopic (exact) mass is 219 g/mol. The molecule has 2 rings (SSSR count). The first-order valence-corrected chi connectivity index (χ1v) is 6.14. The van der Waals surface area contributed by atoms with Gasteiger partial charge in [-0.05, 0) is 49.8 Å². The van der Waals surface area contributed by atoms with Gasteiger partial charge in [-0.15, -0.1) is 0 Å². The lowest BCUT2D eigenvalue weighted by Crippen LogP contribution is -2.37. The molecule has 1 aliphatic rings. The molecule has 0 saturated heterocycles. The second-order valence-corrected chi connectivity index (χ2v) is 4.79. The van der Waals surface area contributed by atoms with E-state index in [9.17, 15) is 0 Å². The van der Waals surface area contributed by atoms with E-state index in [1.807, 2.05) is 12.4 Å². The van der Waals surface area contributed by atoms with Crippen molar-refractivity contribution in [1.29, 1.82) is 0 Å². The van der Waals surface area contributed by atoms with E-state index in [4.69, 9.17) is 5.73 Å². The maximum Gasteiger partial charge on any atom is 0.0300 e. The highest BCUT2D eigenvalue weighted by Crippen LogP contribution is 2.17. The second kappa shape index (κ2) is 5.41. The van der Waals surface area contributed by atoms with Crippen LogP contribution in [0.1, 0.15) is 36.8 Å². The SMILES string of the molecule is Cc1cnccc1CNC1CCC(N)CC1. The number of rotatable bonds is 3. The summed E-state index contributed by atoms with van der Waals surface area (Å²) < 4.78 is 0. The molecular formula is C13H21N3. The van der Waals surface area contributed by atoms with Gasteiger partial charge in [0.1, 0.15) is 0 Å². The Morgan fingerprint density at radius 2 is 2.12 bits per heavy atom. The molecule has 1 aromatic heterocycles. The van der Waals surface area contributed by atoms with E-state index in [1.54, 1.807) is 0 Å². The highest BCUT2D eigenvalue weighted by Gasteiger charge is 2.17. The highest BCUT2D eigenvalue weighted by molar-refractivity contribution is 5.21. The summed E-state index contributed by atoms with van der Waals surface area (Å²) in [4.78, 5) is 4.11. The molecule has 3 heteroatoms. The summed E-state index contributed by atoms with van der Waals surface area (Å²) in [6, 6.07) is 3.17. The largest absolute Gasteiger partial charge is 0.328 e. The standard InChI is InChI=1S/C13H21N3/c1-10-8-15-7-6-11(10)9-16-13-4-2-12(14)3-5-13/h6-8,12-13,16H,2-5,9,14H2,1H3. The van der Waals surface area contributed by atoms with Crippen LogP contribution in [0.15, 0.2) is 18.5 Å². The van der Waals surface area contributed by atoms with Gasteiger partial charge in [-0.2, -0.15) is 0 Å². The van der Waals surface area contributed by atoms with Gasteiger partial charge in [0.05, 0.1) is 0 Å². The van der Waals surface area contributed by atoms with Crippen LogP contribution < -0.4 is 11.1 Å². The molecule has 0 atom stereocenters. The zero-order valence-corrected chi connectivity index (χ0v) is 9.95. The average molecular weight is 219 g/mol. The fourth-order valence-electron chi connectivity index (χ4n) is 2.28. The Balaban J connectivity index is 1.81. The third-order valence-corrected chi connectivity index (χ3v) is 3.49. The van der Waals surface area contributed by atoms with Crippen LogP contribution in [-0.4, -0.2) is 17.1 Å². The number of nitrogens with two attached hydrogens (primary N) is 1. The van der Waals surface area contributed by atoms with Crippen molar-refractivity contribution in [1.82, 2.24) is 10.3 Å². The molecule has 16 heavy (non-hydrogen) atoms. The van der Waals surface area contributed by atoms with Crippen LogP contribution in [0.4, 0.5) is 0 Å². The maximum atomic E-state index is 5.89. The number of hydrogen-bond donors (Lipinski definition) is 2. The third-order valence-electron chi connectivity index (χ3n) is 3.49. The Morgan fingerprint density at radius 1 is 1.38 bits per heavy atom. The van der Waals surface area contributed by atoms with Crippen LogP contribution in [0, 0.1) is 6.92 Å². The molecule has 0 aliphatic heterocycles. The molecule has 3 N–H and O–H groups in total. The summed E-state index contributed by atoms with van der Waals surface area (Å²) >= 11 is 0. The maximum absolute atomic E-state index is 5.89. The number of nitrogens with zero attached hydrogens (tertiary/aromatic N) is 1. The zero-order chi connectivity index (χ0) is 11.4. The first-order chi connectivity index (χ1) is 7.75. The molecule has 1 heterocycles. The molecule has 1 fully saturated rings. The van der Waals surface area contributed by atoms with Crippen molar-refractivity contribution >= 4 is 0 Å². The summed E-state index contributed by atoms with van der Waals surface area (Å²) in [7, 11) is 0.